The third kappa shape index (κ3) is 4.64. The van der Waals surface area contributed by atoms with Crippen molar-refractivity contribution in [2.24, 2.45) is 11.7 Å². The summed E-state index contributed by atoms with van der Waals surface area (Å²) < 4.78 is 50.8. The van der Waals surface area contributed by atoms with E-state index in [0.717, 1.165) is 0 Å². The molecular formula is C12H15ClF4N2O. The van der Waals surface area contributed by atoms with Crippen LogP contribution in [-0.2, 0) is 11.0 Å². The Balaban J connectivity index is 0.00000361. The van der Waals surface area contributed by atoms with Crippen molar-refractivity contribution in [1.29, 1.82) is 0 Å². The topological polar surface area (TPSA) is 55.1 Å². The molecule has 20 heavy (non-hydrogen) atoms. The van der Waals surface area contributed by atoms with Crippen molar-refractivity contribution < 1.29 is 22.4 Å². The Morgan fingerprint density at radius 3 is 2.30 bits per heavy atom. The van der Waals surface area contributed by atoms with Gasteiger partial charge < -0.3 is 11.1 Å². The second-order valence-corrected chi connectivity index (χ2v) is 4.45. The van der Waals surface area contributed by atoms with Gasteiger partial charge in [-0.15, -0.1) is 12.4 Å². The van der Waals surface area contributed by atoms with Gasteiger partial charge in [-0.25, -0.2) is 4.39 Å². The van der Waals surface area contributed by atoms with Crippen molar-refractivity contribution in [1.82, 2.24) is 0 Å². The zero-order valence-corrected chi connectivity index (χ0v) is 11.6. The van der Waals surface area contributed by atoms with Gasteiger partial charge in [-0.05, 0) is 24.1 Å². The lowest BCUT2D eigenvalue weighted by Crippen LogP contribution is -2.40. The number of nitrogens with one attached hydrogen (secondary N) is 1. The first-order valence-electron chi connectivity index (χ1n) is 5.56. The number of amides is 1. The number of benzene rings is 1. The highest BCUT2D eigenvalue weighted by atomic mass is 35.5. The van der Waals surface area contributed by atoms with Gasteiger partial charge in [0.2, 0.25) is 5.91 Å². The first-order valence-corrected chi connectivity index (χ1v) is 5.56. The van der Waals surface area contributed by atoms with E-state index < -0.39 is 35.2 Å². The second kappa shape index (κ2) is 6.90. The largest absolute Gasteiger partial charge is 0.416 e. The number of carbonyl (C=O) groups is 1. The molecule has 1 aromatic rings. The molecule has 0 heterocycles. The first-order chi connectivity index (χ1) is 8.62. The van der Waals surface area contributed by atoms with Crippen LogP contribution in [0.15, 0.2) is 18.2 Å². The molecule has 0 aliphatic carbocycles. The normalized spacial score (nSPS) is 12.8. The summed E-state index contributed by atoms with van der Waals surface area (Å²) in [5, 5.41) is 2.06. The lowest BCUT2D eigenvalue weighted by atomic mass is 10.0. The van der Waals surface area contributed by atoms with Gasteiger partial charge in [-0.2, -0.15) is 13.2 Å². The summed E-state index contributed by atoms with van der Waals surface area (Å²) >= 11 is 0. The van der Waals surface area contributed by atoms with E-state index in [9.17, 15) is 22.4 Å². The lowest BCUT2D eigenvalue weighted by Gasteiger charge is -2.16. The molecule has 3 N–H and O–H groups in total. The Hall–Kier alpha value is -1.34. The molecule has 0 spiro atoms. The quantitative estimate of drug-likeness (QED) is 0.842. The molecule has 1 unspecified atom stereocenters. The van der Waals surface area contributed by atoms with Crippen LogP contribution in [0.5, 0.6) is 0 Å². The monoisotopic (exact) mass is 314 g/mol. The number of rotatable bonds is 3. The standard InChI is InChI=1S/C12H14F4N2O.ClH/c1-6(2)10(17)11(19)18-9-5-7(12(14,15)16)3-4-8(9)13;/h3-6,10H,17H2,1-2H3,(H,18,19);1H. The van der Waals surface area contributed by atoms with Crippen LogP contribution >= 0.6 is 12.4 Å². The number of halogens is 5. The second-order valence-electron chi connectivity index (χ2n) is 4.45. The van der Waals surface area contributed by atoms with Crippen LogP contribution in [0.1, 0.15) is 19.4 Å². The number of nitrogens with two attached hydrogens (primary N) is 1. The maximum absolute atomic E-state index is 13.4. The summed E-state index contributed by atoms with van der Waals surface area (Å²) in [7, 11) is 0. The fourth-order valence-electron chi connectivity index (χ4n) is 1.32. The van der Waals surface area contributed by atoms with Gasteiger partial charge in [0, 0.05) is 0 Å². The van der Waals surface area contributed by atoms with Gasteiger partial charge in [-0.1, -0.05) is 13.8 Å². The maximum atomic E-state index is 13.4. The molecule has 0 aliphatic rings. The minimum absolute atomic E-state index is 0. The first kappa shape index (κ1) is 18.7. The van der Waals surface area contributed by atoms with E-state index in [4.69, 9.17) is 5.73 Å². The molecule has 1 rings (SSSR count). The van der Waals surface area contributed by atoms with Crippen molar-refractivity contribution in [3.63, 3.8) is 0 Å². The zero-order valence-electron chi connectivity index (χ0n) is 10.8. The van der Waals surface area contributed by atoms with Crippen LogP contribution in [0.25, 0.3) is 0 Å². The molecule has 1 aromatic carbocycles. The predicted octanol–water partition coefficient (Wildman–Crippen LogP) is 3.19. The van der Waals surface area contributed by atoms with Gasteiger partial charge in [-0.3, -0.25) is 4.79 Å². The van der Waals surface area contributed by atoms with E-state index >= 15 is 0 Å². The minimum atomic E-state index is -4.60. The Labute approximate surface area is 119 Å². The summed E-state index contributed by atoms with van der Waals surface area (Å²) in [4.78, 5) is 11.6. The average molecular weight is 315 g/mol. The van der Waals surface area contributed by atoms with Gasteiger partial charge in [0.25, 0.3) is 0 Å². The molecule has 1 amide bonds. The zero-order chi connectivity index (χ0) is 14.8. The maximum Gasteiger partial charge on any atom is 0.416 e. The SMILES string of the molecule is CC(C)C(N)C(=O)Nc1cc(C(F)(F)F)ccc1F.Cl. The Morgan fingerprint density at radius 1 is 1.30 bits per heavy atom. The van der Waals surface area contributed by atoms with Crippen molar-refractivity contribution >= 4 is 24.0 Å². The lowest BCUT2D eigenvalue weighted by molar-refractivity contribution is -0.137. The van der Waals surface area contributed by atoms with E-state index in [1.807, 2.05) is 0 Å². The predicted molar refractivity (Wildman–Crippen MR) is 70.1 cm³/mol. The van der Waals surface area contributed by atoms with Crippen molar-refractivity contribution in [2.45, 2.75) is 26.1 Å². The highest BCUT2D eigenvalue weighted by Crippen LogP contribution is 2.31. The summed E-state index contributed by atoms with van der Waals surface area (Å²) in [5.41, 5.74) is 3.95. The Kier molecular flexibility index (Phi) is 6.43. The van der Waals surface area contributed by atoms with Gasteiger partial charge in [0.05, 0.1) is 17.3 Å². The third-order valence-electron chi connectivity index (χ3n) is 2.57. The van der Waals surface area contributed by atoms with Crippen LogP contribution in [0, 0.1) is 11.7 Å². The van der Waals surface area contributed by atoms with E-state index in [-0.39, 0.29) is 18.3 Å². The fraction of sp³-hybridized carbons (Fsp3) is 0.417. The Morgan fingerprint density at radius 2 is 1.85 bits per heavy atom. The van der Waals surface area contributed by atoms with Crippen LogP contribution in [0.2, 0.25) is 0 Å². The minimum Gasteiger partial charge on any atom is -0.322 e. The van der Waals surface area contributed by atoms with Gasteiger partial charge >= 0.3 is 6.18 Å². The molecule has 0 bridgehead atoms. The number of hydrogen-bond acceptors (Lipinski definition) is 2. The number of alkyl halides is 3. The van der Waals surface area contributed by atoms with Crippen LogP contribution < -0.4 is 11.1 Å². The number of anilines is 1. The molecule has 3 nitrogen and oxygen atoms in total. The van der Waals surface area contributed by atoms with E-state index in [1.54, 1.807) is 13.8 Å². The molecular weight excluding hydrogens is 300 g/mol. The molecule has 0 saturated carbocycles. The summed E-state index contributed by atoms with van der Waals surface area (Å²) in [5.74, 6) is -1.89. The summed E-state index contributed by atoms with van der Waals surface area (Å²) in [6.07, 6.45) is -4.60. The highest BCUT2D eigenvalue weighted by Gasteiger charge is 2.31. The number of hydrogen-bond donors (Lipinski definition) is 2. The molecule has 1 atom stereocenters. The molecule has 0 aromatic heterocycles. The van der Waals surface area contributed by atoms with Crippen molar-refractivity contribution in [2.75, 3.05) is 5.32 Å². The summed E-state index contributed by atoms with van der Waals surface area (Å²) in [6, 6.07) is 0.876. The van der Waals surface area contributed by atoms with Gasteiger partial charge in [0.1, 0.15) is 5.82 Å². The van der Waals surface area contributed by atoms with Crippen LogP contribution in [0.3, 0.4) is 0 Å². The third-order valence-corrected chi connectivity index (χ3v) is 2.57. The average Bonchev–Trinajstić information content (AvgIpc) is 2.29. The van der Waals surface area contributed by atoms with Gasteiger partial charge in [0.15, 0.2) is 0 Å². The van der Waals surface area contributed by atoms with Crippen molar-refractivity contribution in [3.8, 4) is 0 Å². The molecule has 0 radical (unpaired) electrons. The molecule has 0 fully saturated rings. The van der Waals surface area contributed by atoms with Crippen molar-refractivity contribution in [3.05, 3.63) is 29.6 Å². The van der Waals surface area contributed by atoms with Crippen LogP contribution in [0.4, 0.5) is 23.2 Å². The molecule has 8 heteroatoms. The fourth-order valence-corrected chi connectivity index (χ4v) is 1.32. The summed E-state index contributed by atoms with van der Waals surface area (Å²) in [6.45, 7) is 3.35. The van der Waals surface area contributed by atoms with E-state index in [2.05, 4.69) is 5.32 Å². The smallest absolute Gasteiger partial charge is 0.322 e. The highest BCUT2D eigenvalue weighted by molar-refractivity contribution is 5.95. The molecule has 0 saturated heterocycles. The van der Waals surface area contributed by atoms with E-state index in [0.29, 0.717) is 18.2 Å². The Bertz CT molecular complexity index is 477. The van der Waals surface area contributed by atoms with E-state index in [1.165, 1.54) is 0 Å². The van der Waals surface area contributed by atoms with Crippen LogP contribution in [-0.4, -0.2) is 11.9 Å². The number of carbonyl (C=O) groups excluding carboxylic acids is 1. The molecule has 114 valence electrons. The molecule has 0 aliphatic heterocycles.